The van der Waals surface area contributed by atoms with Gasteiger partial charge in [0.1, 0.15) is 5.54 Å². The Kier molecular flexibility index (Phi) is 14.1. The van der Waals surface area contributed by atoms with Gasteiger partial charge in [0.2, 0.25) is 15.9 Å². The molecule has 1 aliphatic rings. The first-order chi connectivity index (χ1) is 25.2. The molecule has 1 aromatic heterocycles. The highest BCUT2D eigenvalue weighted by Gasteiger charge is 2.50. The fraction of sp³-hybridized carbons (Fsp3) is 0.447. The van der Waals surface area contributed by atoms with Crippen molar-refractivity contribution in [3.05, 3.63) is 95.3 Å². The number of benzene rings is 2. The monoisotopic (exact) mass is 749 g/mol. The number of aliphatic hydroxyl groups excluding tert-OH is 1. The first kappa shape index (κ1) is 40.9. The summed E-state index contributed by atoms with van der Waals surface area (Å²) in [4.78, 5) is 36.2. The molecule has 0 aliphatic carbocycles. The van der Waals surface area contributed by atoms with Crippen LogP contribution in [0.15, 0.2) is 88.0 Å². The summed E-state index contributed by atoms with van der Waals surface area (Å²) in [6, 6.07) is 19.1. The van der Waals surface area contributed by atoms with Gasteiger partial charge in [0.15, 0.2) is 0 Å². The maximum atomic E-state index is 14.6. The number of urea groups is 1. The van der Waals surface area contributed by atoms with E-state index in [-0.39, 0.29) is 55.4 Å². The summed E-state index contributed by atoms with van der Waals surface area (Å²) >= 11 is 0. The van der Waals surface area contributed by atoms with Crippen LogP contribution in [-0.2, 0) is 27.8 Å². The fourth-order valence-corrected chi connectivity index (χ4v) is 8.13. The molecule has 3 amide bonds. The molecule has 1 fully saturated rings. The molecule has 286 valence electrons. The van der Waals surface area contributed by atoms with Crippen molar-refractivity contribution in [2.24, 2.45) is 22.1 Å². The van der Waals surface area contributed by atoms with Crippen LogP contribution in [0.5, 0.6) is 0 Å². The zero-order valence-corrected chi connectivity index (χ0v) is 31.7. The number of nitrogens with zero attached hydrogens (tertiary/aromatic N) is 6. The average molecular weight is 750 g/mol. The topological polar surface area (TPSA) is 188 Å². The Balaban J connectivity index is 1.63. The Morgan fingerprint density at radius 1 is 0.981 bits per heavy atom. The van der Waals surface area contributed by atoms with Gasteiger partial charge in [-0.15, -0.1) is 0 Å². The van der Waals surface area contributed by atoms with Crippen LogP contribution in [0.25, 0.3) is 0 Å². The van der Waals surface area contributed by atoms with E-state index >= 15 is 0 Å². The number of amides is 3. The van der Waals surface area contributed by atoms with E-state index in [1.54, 1.807) is 34.9 Å². The second-order valence-corrected chi connectivity index (χ2v) is 15.9. The van der Waals surface area contributed by atoms with Crippen molar-refractivity contribution in [3.63, 3.8) is 0 Å². The molecule has 0 radical (unpaired) electrons. The summed E-state index contributed by atoms with van der Waals surface area (Å²) in [6.45, 7) is 9.97. The second-order valence-electron chi connectivity index (χ2n) is 14.0. The third kappa shape index (κ3) is 9.97. The lowest BCUT2D eigenvalue weighted by Crippen LogP contribution is -2.64. The first-order valence-corrected chi connectivity index (χ1v) is 19.2. The van der Waals surface area contributed by atoms with E-state index in [1.165, 1.54) is 41.0 Å². The zero-order chi connectivity index (χ0) is 38.8. The van der Waals surface area contributed by atoms with Crippen molar-refractivity contribution < 1.29 is 33.5 Å². The molecule has 0 unspecified atom stereocenters. The van der Waals surface area contributed by atoms with Gasteiger partial charge in [-0.05, 0) is 60.6 Å². The quantitative estimate of drug-likeness (QED) is 0.0847. The van der Waals surface area contributed by atoms with Gasteiger partial charge in [-0.1, -0.05) is 93.0 Å². The highest BCUT2D eigenvalue weighted by Crippen LogP contribution is 2.32. The normalized spacial score (nSPS) is 16.8. The number of hydrogen-bond acceptors (Lipinski definition) is 10. The summed E-state index contributed by atoms with van der Waals surface area (Å²) < 4.78 is 29.1. The van der Waals surface area contributed by atoms with E-state index in [9.17, 15) is 23.1 Å². The molecule has 1 saturated heterocycles. The lowest BCUT2D eigenvalue weighted by molar-refractivity contribution is -0.135. The molecule has 0 spiro atoms. The Morgan fingerprint density at radius 3 is 2.28 bits per heavy atom. The summed E-state index contributed by atoms with van der Waals surface area (Å²) in [5, 5.41) is 38.8. The van der Waals surface area contributed by atoms with Crippen LogP contribution in [0.3, 0.4) is 0 Å². The molecule has 0 bridgehead atoms. The molecule has 4 atom stereocenters. The number of rotatable bonds is 18. The summed E-state index contributed by atoms with van der Waals surface area (Å²) in [5.41, 5.74) is 1.04. The van der Waals surface area contributed by atoms with Gasteiger partial charge in [-0.2, -0.15) is 4.31 Å². The first-order valence-electron chi connectivity index (χ1n) is 17.7. The minimum atomic E-state index is -4.09. The Morgan fingerprint density at radius 2 is 1.66 bits per heavy atom. The number of nitrogens with one attached hydrogen (secondary N) is 1. The van der Waals surface area contributed by atoms with Crippen LogP contribution in [0, 0.1) is 11.8 Å². The molecule has 4 rings (SSSR count). The Labute approximate surface area is 311 Å². The van der Waals surface area contributed by atoms with Gasteiger partial charge in [0.05, 0.1) is 47.4 Å². The number of aromatic nitrogens is 1. The standard InChI is InChI=1S/C38H51N7O7S/c1-6-28(4)38(5,45-20-19-43(37(45)48)25-32-14-10-13-31(41-32)23-40-50)36(47)42-34(21-29-11-8-7-9-12-29)35(46)26-44(24-27(2)3)53(51,52)33-17-15-30(16-18-33)22-39-49/h7-18,22-23,27-28,34-35,46,49-50H,6,19-21,24-26H2,1-5H3,(H,42,47)/t28-,34-,35-,38-/m0/s1. The van der Waals surface area contributed by atoms with Gasteiger partial charge in [0, 0.05) is 26.2 Å². The van der Waals surface area contributed by atoms with Crippen molar-refractivity contribution >= 4 is 34.4 Å². The Bertz CT molecular complexity index is 1840. The number of hydrogen-bond donors (Lipinski definition) is 4. The molecule has 4 N–H and O–H groups in total. The molecule has 2 heterocycles. The third-order valence-electron chi connectivity index (χ3n) is 9.82. The minimum absolute atomic E-state index is 0.00832. The largest absolute Gasteiger partial charge is 0.411 e. The number of aliphatic hydroxyl groups is 1. The van der Waals surface area contributed by atoms with Crippen molar-refractivity contribution in [3.8, 4) is 0 Å². The number of oxime groups is 2. The molecular weight excluding hydrogens is 699 g/mol. The van der Waals surface area contributed by atoms with Gasteiger partial charge in [-0.3, -0.25) is 4.79 Å². The molecule has 0 saturated carbocycles. The fourth-order valence-electron chi connectivity index (χ4n) is 6.50. The van der Waals surface area contributed by atoms with Crippen LogP contribution in [0.4, 0.5) is 4.79 Å². The van der Waals surface area contributed by atoms with Gasteiger partial charge < -0.3 is 30.6 Å². The molecule has 53 heavy (non-hydrogen) atoms. The van der Waals surface area contributed by atoms with Crippen LogP contribution >= 0.6 is 0 Å². The van der Waals surface area contributed by atoms with E-state index in [1.807, 2.05) is 58.0 Å². The lowest BCUT2D eigenvalue weighted by atomic mass is 9.82. The highest BCUT2D eigenvalue weighted by molar-refractivity contribution is 7.89. The SMILES string of the molecule is CC[C@H](C)[C@@](C)(C(=O)N[C@@H](Cc1ccccc1)[C@@H](O)CN(CC(C)C)S(=O)(=O)c1ccc(C=NO)cc1)N1CCN(Cc2cccc(C=NO)n2)C1=O. The highest BCUT2D eigenvalue weighted by atomic mass is 32.2. The number of pyridine rings is 1. The van der Waals surface area contributed by atoms with Crippen molar-refractivity contribution in [2.45, 2.75) is 76.6 Å². The predicted molar refractivity (Wildman–Crippen MR) is 201 cm³/mol. The summed E-state index contributed by atoms with van der Waals surface area (Å²) in [5.74, 6) is -0.834. The van der Waals surface area contributed by atoms with E-state index in [0.717, 1.165) is 5.56 Å². The molecule has 15 heteroatoms. The lowest BCUT2D eigenvalue weighted by Gasteiger charge is -2.43. The van der Waals surface area contributed by atoms with E-state index < -0.39 is 33.6 Å². The number of carbonyl (C=O) groups is 2. The van der Waals surface area contributed by atoms with Gasteiger partial charge in [0.25, 0.3) is 0 Å². The van der Waals surface area contributed by atoms with Crippen LogP contribution in [0.1, 0.15) is 63.6 Å². The second kappa shape index (κ2) is 18.3. The van der Waals surface area contributed by atoms with E-state index in [0.29, 0.717) is 29.9 Å². The Hall–Kier alpha value is -4.86. The summed E-state index contributed by atoms with van der Waals surface area (Å²) in [6.07, 6.45) is 1.84. The number of sulfonamides is 1. The van der Waals surface area contributed by atoms with Gasteiger partial charge in [-0.25, -0.2) is 18.2 Å². The molecular formula is C38H51N7O7S. The maximum Gasteiger partial charge on any atom is 0.321 e. The summed E-state index contributed by atoms with van der Waals surface area (Å²) in [7, 11) is -4.09. The van der Waals surface area contributed by atoms with Crippen LogP contribution in [-0.4, -0.2) is 111 Å². The average Bonchev–Trinajstić information content (AvgIpc) is 3.50. The van der Waals surface area contributed by atoms with Crippen molar-refractivity contribution in [1.29, 1.82) is 0 Å². The van der Waals surface area contributed by atoms with Crippen molar-refractivity contribution in [2.75, 3.05) is 26.2 Å². The molecule has 1 aliphatic heterocycles. The van der Waals surface area contributed by atoms with E-state index in [4.69, 9.17) is 10.4 Å². The van der Waals surface area contributed by atoms with Gasteiger partial charge >= 0.3 is 6.03 Å². The van der Waals surface area contributed by atoms with Crippen LogP contribution < -0.4 is 5.32 Å². The van der Waals surface area contributed by atoms with Crippen LogP contribution in [0.2, 0.25) is 0 Å². The third-order valence-corrected chi connectivity index (χ3v) is 11.7. The molecule has 3 aromatic rings. The zero-order valence-electron chi connectivity index (χ0n) is 30.9. The molecule has 2 aromatic carbocycles. The minimum Gasteiger partial charge on any atom is -0.411 e. The smallest absolute Gasteiger partial charge is 0.321 e. The number of carbonyl (C=O) groups excluding carboxylic acids is 2. The maximum absolute atomic E-state index is 14.6. The molecule has 14 nitrogen and oxygen atoms in total. The predicted octanol–water partition coefficient (Wildman–Crippen LogP) is 4.18. The van der Waals surface area contributed by atoms with E-state index in [2.05, 4.69) is 20.6 Å². The van der Waals surface area contributed by atoms with Crippen molar-refractivity contribution in [1.82, 2.24) is 24.4 Å².